The largest absolute Gasteiger partial charge is 0.496 e. The number of para-hydroxylation sites is 1. The third-order valence-electron chi connectivity index (χ3n) is 2.62. The van der Waals surface area contributed by atoms with Gasteiger partial charge in [0.1, 0.15) is 10.6 Å². The molecular weight excluding hydrogens is 290 g/mol. The number of carbonyl (C=O) groups excluding carboxylic acids is 1. The van der Waals surface area contributed by atoms with E-state index in [1.807, 2.05) is 18.2 Å². The maximum atomic E-state index is 11.8. The summed E-state index contributed by atoms with van der Waals surface area (Å²) in [5.41, 5.74) is 0.785. The van der Waals surface area contributed by atoms with Gasteiger partial charge < -0.3 is 15.2 Å². The van der Waals surface area contributed by atoms with Gasteiger partial charge in [0.25, 0.3) is 0 Å². The van der Waals surface area contributed by atoms with Crippen LogP contribution in [0.5, 0.6) is 5.75 Å². The second-order valence-electron chi connectivity index (χ2n) is 4.03. The number of carbonyl (C=O) groups is 2. The minimum Gasteiger partial charge on any atom is -0.496 e. The van der Waals surface area contributed by atoms with Crippen molar-refractivity contribution in [2.24, 2.45) is 0 Å². The standard InChI is InChI=1S/C15H13NO4S/c1-20-11-5-3-2-4-10(11)6-8-13(17)16-14-9-7-12(21-14)15(18)19/h2-9H,1H3,(H,16,17)(H,18,19)/b8-6+. The number of amides is 1. The minimum absolute atomic E-state index is 0.180. The van der Waals surface area contributed by atoms with Gasteiger partial charge >= 0.3 is 5.97 Å². The van der Waals surface area contributed by atoms with Gasteiger partial charge in [-0.15, -0.1) is 11.3 Å². The van der Waals surface area contributed by atoms with Gasteiger partial charge in [-0.2, -0.15) is 0 Å². The minimum atomic E-state index is -1.01. The van der Waals surface area contributed by atoms with Crippen LogP contribution in [-0.4, -0.2) is 24.1 Å². The first-order valence-electron chi connectivity index (χ1n) is 6.05. The molecule has 0 aliphatic carbocycles. The van der Waals surface area contributed by atoms with Crippen LogP contribution >= 0.6 is 11.3 Å². The Morgan fingerprint density at radius 3 is 2.67 bits per heavy atom. The van der Waals surface area contributed by atoms with Crippen LogP contribution < -0.4 is 10.1 Å². The monoisotopic (exact) mass is 303 g/mol. The molecule has 6 heteroatoms. The number of hydrogen-bond acceptors (Lipinski definition) is 4. The summed E-state index contributed by atoms with van der Waals surface area (Å²) in [5, 5.41) is 11.9. The predicted octanol–water partition coefficient (Wildman–Crippen LogP) is 3.11. The molecule has 0 unspecified atom stereocenters. The molecule has 5 nitrogen and oxygen atoms in total. The number of anilines is 1. The highest BCUT2D eigenvalue weighted by Gasteiger charge is 2.08. The van der Waals surface area contributed by atoms with Gasteiger partial charge in [0.15, 0.2) is 0 Å². The molecule has 0 radical (unpaired) electrons. The van der Waals surface area contributed by atoms with Crippen LogP contribution in [0.2, 0.25) is 0 Å². The fourth-order valence-corrected chi connectivity index (χ4v) is 2.40. The quantitative estimate of drug-likeness (QED) is 0.832. The van der Waals surface area contributed by atoms with Crippen molar-refractivity contribution in [3.05, 3.63) is 52.9 Å². The van der Waals surface area contributed by atoms with Crippen molar-refractivity contribution in [3.8, 4) is 5.75 Å². The molecule has 0 fully saturated rings. The molecule has 1 aromatic carbocycles. The van der Waals surface area contributed by atoms with E-state index in [4.69, 9.17) is 9.84 Å². The molecule has 21 heavy (non-hydrogen) atoms. The van der Waals surface area contributed by atoms with Crippen molar-refractivity contribution in [1.82, 2.24) is 0 Å². The fraction of sp³-hybridized carbons (Fsp3) is 0.0667. The van der Waals surface area contributed by atoms with Gasteiger partial charge in [0.2, 0.25) is 5.91 Å². The van der Waals surface area contributed by atoms with E-state index in [2.05, 4.69) is 5.32 Å². The summed E-state index contributed by atoms with van der Waals surface area (Å²) in [6.07, 6.45) is 3.01. The van der Waals surface area contributed by atoms with Gasteiger partial charge in [-0.3, -0.25) is 4.79 Å². The number of aromatic carboxylic acids is 1. The number of nitrogens with one attached hydrogen (secondary N) is 1. The van der Waals surface area contributed by atoms with E-state index in [1.54, 1.807) is 25.3 Å². The summed E-state index contributed by atoms with van der Waals surface area (Å²) in [4.78, 5) is 22.7. The van der Waals surface area contributed by atoms with Crippen molar-refractivity contribution < 1.29 is 19.4 Å². The topological polar surface area (TPSA) is 75.6 Å². The van der Waals surface area contributed by atoms with Crippen LogP contribution in [0.15, 0.2) is 42.5 Å². The van der Waals surface area contributed by atoms with E-state index in [1.165, 1.54) is 12.1 Å². The number of benzene rings is 1. The fourth-order valence-electron chi connectivity index (χ4n) is 1.65. The molecule has 1 amide bonds. The van der Waals surface area contributed by atoms with E-state index < -0.39 is 5.97 Å². The summed E-state index contributed by atoms with van der Waals surface area (Å²) in [7, 11) is 1.56. The number of hydrogen-bond donors (Lipinski definition) is 2. The maximum Gasteiger partial charge on any atom is 0.345 e. The van der Waals surface area contributed by atoms with Gasteiger partial charge in [0, 0.05) is 11.6 Å². The van der Waals surface area contributed by atoms with E-state index in [0.29, 0.717) is 10.8 Å². The Morgan fingerprint density at radius 2 is 2.00 bits per heavy atom. The Hall–Kier alpha value is -2.60. The summed E-state index contributed by atoms with van der Waals surface area (Å²) < 4.78 is 5.18. The lowest BCUT2D eigenvalue weighted by Crippen LogP contribution is -2.06. The van der Waals surface area contributed by atoms with Gasteiger partial charge in [0.05, 0.1) is 12.1 Å². The highest BCUT2D eigenvalue weighted by atomic mass is 32.1. The first-order valence-corrected chi connectivity index (χ1v) is 6.87. The van der Waals surface area contributed by atoms with Crippen LogP contribution in [0, 0.1) is 0 Å². The molecule has 0 bridgehead atoms. The number of methoxy groups -OCH3 is 1. The average Bonchev–Trinajstić information content (AvgIpc) is 2.94. The number of carboxylic acid groups (broad SMARTS) is 1. The Kier molecular flexibility index (Phi) is 4.73. The number of thiophene rings is 1. The zero-order chi connectivity index (χ0) is 15.2. The smallest absolute Gasteiger partial charge is 0.345 e. The Morgan fingerprint density at radius 1 is 1.24 bits per heavy atom. The van der Waals surface area contributed by atoms with Crippen molar-refractivity contribution in [2.45, 2.75) is 0 Å². The zero-order valence-electron chi connectivity index (χ0n) is 11.2. The van der Waals surface area contributed by atoms with Gasteiger partial charge in [-0.05, 0) is 24.3 Å². The molecule has 0 aliphatic rings. The molecule has 0 saturated carbocycles. The molecule has 2 rings (SSSR count). The average molecular weight is 303 g/mol. The van der Waals surface area contributed by atoms with Crippen LogP contribution in [0.3, 0.4) is 0 Å². The molecule has 1 aromatic heterocycles. The first-order chi connectivity index (χ1) is 10.1. The molecule has 0 saturated heterocycles. The van der Waals surface area contributed by atoms with Gasteiger partial charge in [-0.1, -0.05) is 18.2 Å². The molecule has 2 N–H and O–H groups in total. The molecule has 1 heterocycles. The Bertz CT molecular complexity index is 690. The lowest BCUT2D eigenvalue weighted by Gasteiger charge is -2.03. The molecule has 108 valence electrons. The van der Waals surface area contributed by atoms with E-state index >= 15 is 0 Å². The van der Waals surface area contributed by atoms with E-state index in [0.717, 1.165) is 16.9 Å². The van der Waals surface area contributed by atoms with Crippen molar-refractivity contribution in [2.75, 3.05) is 12.4 Å². The van der Waals surface area contributed by atoms with Crippen molar-refractivity contribution >= 4 is 34.3 Å². The Labute approximate surface area is 125 Å². The van der Waals surface area contributed by atoms with Crippen LogP contribution in [0.4, 0.5) is 5.00 Å². The molecular formula is C15H13NO4S. The summed E-state index contributed by atoms with van der Waals surface area (Å²) in [6.45, 7) is 0. The normalized spacial score (nSPS) is 10.5. The SMILES string of the molecule is COc1ccccc1/C=C/C(=O)Nc1ccc(C(=O)O)s1. The summed E-state index contributed by atoms with van der Waals surface area (Å²) in [6, 6.07) is 10.3. The van der Waals surface area contributed by atoms with Crippen LogP contribution in [0.1, 0.15) is 15.2 Å². The summed E-state index contributed by atoms with van der Waals surface area (Å²) >= 11 is 1.01. The zero-order valence-corrected chi connectivity index (χ0v) is 12.0. The number of ether oxygens (including phenoxy) is 1. The van der Waals surface area contributed by atoms with Crippen molar-refractivity contribution in [1.29, 1.82) is 0 Å². The lowest BCUT2D eigenvalue weighted by molar-refractivity contribution is -0.111. The van der Waals surface area contributed by atoms with Crippen LogP contribution in [0.25, 0.3) is 6.08 Å². The summed E-state index contributed by atoms with van der Waals surface area (Å²) in [5.74, 6) is -0.671. The molecule has 0 aliphatic heterocycles. The van der Waals surface area contributed by atoms with E-state index in [9.17, 15) is 9.59 Å². The van der Waals surface area contributed by atoms with E-state index in [-0.39, 0.29) is 10.8 Å². The third-order valence-corrected chi connectivity index (χ3v) is 3.61. The first kappa shape index (κ1) is 14.8. The van der Waals surface area contributed by atoms with Crippen molar-refractivity contribution in [3.63, 3.8) is 0 Å². The Balaban J connectivity index is 2.03. The highest BCUT2D eigenvalue weighted by Crippen LogP contribution is 2.22. The third kappa shape index (κ3) is 3.93. The van der Waals surface area contributed by atoms with Crippen LogP contribution in [-0.2, 0) is 4.79 Å². The van der Waals surface area contributed by atoms with Gasteiger partial charge in [-0.25, -0.2) is 4.79 Å². The molecule has 2 aromatic rings. The predicted molar refractivity (Wildman–Crippen MR) is 81.9 cm³/mol. The highest BCUT2D eigenvalue weighted by molar-refractivity contribution is 7.18. The number of carboxylic acids is 1. The second kappa shape index (κ2) is 6.71. The second-order valence-corrected chi connectivity index (χ2v) is 5.12. The molecule has 0 atom stereocenters. The molecule has 0 spiro atoms. The number of rotatable bonds is 5. The maximum absolute atomic E-state index is 11.8. The lowest BCUT2D eigenvalue weighted by atomic mass is 10.2.